The maximum atomic E-state index is 12.2. The van der Waals surface area contributed by atoms with Crippen molar-refractivity contribution >= 4 is 34.3 Å². The van der Waals surface area contributed by atoms with Gasteiger partial charge in [0.15, 0.2) is 0 Å². The Bertz CT molecular complexity index is 588. The topological polar surface area (TPSA) is 32.3 Å². The second-order valence-corrected chi connectivity index (χ2v) is 5.78. The zero-order valence-corrected chi connectivity index (χ0v) is 11.5. The van der Waals surface area contributed by atoms with E-state index in [4.69, 9.17) is 0 Å². The molecule has 0 aliphatic carbocycles. The summed E-state index contributed by atoms with van der Waals surface area (Å²) in [6.07, 6.45) is 0. The van der Waals surface area contributed by atoms with Crippen molar-refractivity contribution in [2.24, 2.45) is 0 Å². The molecule has 1 fully saturated rings. The van der Waals surface area contributed by atoms with Crippen LogP contribution in [-0.2, 0) is 0 Å². The van der Waals surface area contributed by atoms with E-state index in [9.17, 15) is 4.79 Å². The first-order chi connectivity index (χ1) is 9.34. The van der Waals surface area contributed by atoms with Crippen molar-refractivity contribution in [3.8, 4) is 0 Å². The van der Waals surface area contributed by atoms with Crippen molar-refractivity contribution in [2.45, 2.75) is 0 Å². The van der Waals surface area contributed by atoms with Gasteiger partial charge >= 0.3 is 6.03 Å². The second kappa shape index (κ2) is 5.53. The lowest BCUT2D eigenvalue weighted by Gasteiger charge is -2.26. The van der Waals surface area contributed by atoms with Gasteiger partial charge in [-0.15, -0.1) is 0 Å². The minimum Gasteiger partial charge on any atom is -0.323 e. The molecule has 1 aliphatic rings. The third kappa shape index (κ3) is 2.68. The monoisotopic (exact) mass is 272 g/mol. The van der Waals surface area contributed by atoms with E-state index in [1.54, 1.807) is 0 Å². The fourth-order valence-electron chi connectivity index (χ4n) is 2.30. The smallest absolute Gasteiger partial charge is 0.321 e. The minimum atomic E-state index is 0.0108. The molecule has 0 saturated carbocycles. The number of hydrogen-bond donors (Lipinski definition) is 1. The molecule has 1 N–H and O–H groups in total. The molecule has 0 radical (unpaired) electrons. The van der Waals surface area contributed by atoms with Crippen LogP contribution in [0.4, 0.5) is 10.5 Å². The number of nitrogens with one attached hydrogen (secondary N) is 1. The highest BCUT2D eigenvalue weighted by Crippen LogP contribution is 2.23. The summed E-state index contributed by atoms with van der Waals surface area (Å²) in [6.45, 7) is 1.67. The molecule has 0 spiro atoms. The zero-order valence-electron chi connectivity index (χ0n) is 10.6. The van der Waals surface area contributed by atoms with Gasteiger partial charge in [-0.2, -0.15) is 11.8 Å². The molecule has 0 unspecified atom stereocenters. The van der Waals surface area contributed by atoms with Gasteiger partial charge < -0.3 is 10.2 Å². The van der Waals surface area contributed by atoms with Crippen molar-refractivity contribution in [2.75, 3.05) is 29.9 Å². The number of fused-ring (bicyclic) bond motifs is 1. The van der Waals surface area contributed by atoms with Crippen LogP contribution in [0, 0.1) is 0 Å². The van der Waals surface area contributed by atoms with E-state index in [1.165, 1.54) is 0 Å². The van der Waals surface area contributed by atoms with E-state index in [1.807, 2.05) is 47.0 Å². The van der Waals surface area contributed by atoms with Crippen LogP contribution < -0.4 is 5.32 Å². The van der Waals surface area contributed by atoms with Gasteiger partial charge in [-0.25, -0.2) is 4.79 Å². The number of rotatable bonds is 1. The summed E-state index contributed by atoms with van der Waals surface area (Å²) in [5.41, 5.74) is 0.890. The fourth-order valence-corrected chi connectivity index (χ4v) is 3.20. The van der Waals surface area contributed by atoms with Crippen LogP contribution in [0.1, 0.15) is 0 Å². The normalized spacial score (nSPS) is 15.5. The molecule has 0 aromatic heterocycles. The van der Waals surface area contributed by atoms with Crippen LogP contribution in [0.3, 0.4) is 0 Å². The highest BCUT2D eigenvalue weighted by Gasteiger charge is 2.17. The lowest BCUT2D eigenvalue weighted by molar-refractivity contribution is 0.217. The Labute approximate surface area is 117 Å². The van der Waals surface area contributed by atoms with Crippen LogP contribution in [0.15, 0.2) is 42.5 Å². The van der Waals surface area contributed by atoms with E-state index in [0.717, 1.165) is 41.1 Å². The molecule has 0 bridgehead atoms. The van der Waals surface area contributed by atoms with Crippen LogP contribution >= 0.6 is 11.8 Å². The highest BCUT2D eigenvalue weighted by molar-refractivity contribution is 7.99. The van der Waals surface area contributed by atoms with E-state index in [2.05, 4.69) is 17.4 Å². The highest BCUT2D eigenvalue weighted by atomic mass is 32.2. The van der Waals surface area contributed by atoms with E-state index in [-0.39, 0.29) is 6.03 Å². The number of urea groups is 1. The summed E-state index contributed by atoms with van der Waals surface area (Å²) >= 11 is 1.90. The first-order valence-electron chi connectivity index (χ1n) is 6.46. The molecule has 98 valence electrons. The molecule has 0 atom stereocenters. The molecular weight excluding hydrogens is 256 g/mol. The summed E-state index contributed by atoms with van der Waals surface area (Å²) in [5.74, 6) is 2.06. The van der Waals surface area contributed by atoms with Gasteiger partial charge in [-0.05, 0) is 11.5 Å². The molecule has 1 saturated heterocycles. The van der Waals surface area contributed by atoms with Gasteiger partial charge in [-0.1, -0.05) is 36.4 Å². The molecule has 4 heteroatoms. The van der Waals surface area contributed by atoms with Crippen molar-refractivity contribution in [1.29, 1.82) is 0 Å². The molecule has 1 heterocycles. The largest absolute Gasteiger partial charge is 0.323 e. The van der Waals surface area contributed by atoms with E-state index >= 15 is 0 Å². The Morgan fingerprint density at radius 2 is 1.79 bits per heavy atom. The minimum absolute atomic E-state index is 0.0108. The number of anilines is 1. The summed E-state index contributed by atoms with van der Waals surface area (Å²) in [5, 5.41) is 5.27. The van der Waals surface area contributed by atoms with Gasteiger partial charge in [0.25, 0.3) is 0 Å². The average Bonchev–Trinajstić information content (AvgIpc) is 2.48. The number of thioether (sulfide) groups is 1. The number of carbonyl (C=O) groups is 1. The maximum absolute atomic E-state index is 12.2. The Morgan fingerprint density at radius 3 is 2.63 bits per heavy atom. The van der Waals surface area contributed by atoms with Crippen LogP contribution in [-0.4, -0.2) is 35.5 Å². The van der Waals surface area contributed by atoms with Gasteiger partial charge in [0, 0.05) is 30.0 Å². The van der Waals surface area contributed by atoms with Gasteiger partial charge in [0.05, 0.1) is 5.69 Å². The SMILES string of the molecule is O=C(Nc1cccc2ccccc12)N1CCSCC1. The summed E-state index contributed by atoms with van der Waals surface area (Å²) in [6, 6.07) is 14.1. The van der Waals surface area contributed by atoms with Crippen LogP contribution in [0.2, 0.25) is 0 Å². The standard InChI is InChI=1S/C15H16N2OS/c18-15(17-8-10-19-11-9-17)16-14-7-3-5-12-4-1-2-6-13(12)14/h1-7H,8-11H2,(H,16,18). The molecule has 2 amide bonds. The molecule has 19 heavy (non-hydrogen) atoms. The number of hydrogen-bond acceptors (Lipinski definition) is 2. The number of amides is 2. The third-order valence-electron chi connectivity index (χ3n) is 3.33. The first-order valence-corrected chi connectivity index (χ1v) is 7.61. The molecular formula is C15H16N2OS. The van der Waals surface area contributed by atoms with Gasteiger partial charge in [0.1, 0.15) is 0 Å². The first kappa shape index (κ1) is 12.4. The lowest BCUT2D eigenvalue weighted by atomic mass is 10.1. The van der Waals surface area contributed by atoms with E-state index in [0.29, 0.717) is 0 Å². The molecule has 1 aliphatic heterocycles. The molecule has 3 rings (SSSR count). The van der Waals surface area contributed by atoms with Crippen LogP contribution in [0.5, 0.6) is 0 Å². The average molecular weight is 272 g/mol. The Hall–Kier alpha value is -1.68. The summed E-state index contributed by atoms with van der Waals surface area (Å²) in [7, 11) is 0. The molecule has 3 nitrogen and oxygen atoms in total. The predicted molar refractivity (Wildman–Crippen MR) is 81.9 cm³/mol. The quantitative estimate of drug-likeness (QED) is 0.862. The van der Waals surface area contributed by atoms with E-state index < -0.39 is 0 Å². The van der Waals surface area contributed by atoms with Gasteiger partial charge in [-0.3, -0.25) is 0 Å². The Balaban J connectivity index is 1.82. The third-order valence-corrected chi connectivity index (χ3v) is 4.27. The van der Waals surface area contributed by atoms with Crippen molar-refractivity contribution in [3.63, 3.8) is 0 Å². The zero-order chi connectivity index (χ0) is 13.1. The fraction of sp³-hybridized carbons (Fsp3) is 0.267. The lowest BCUT2D eigenvalue weighted by Crippen LogP contribution is -2.40. The van der Waals surface area contributed by atoms with Crippen molar-refractivity contribution in [3.05, 3.63) is 42.5 Å². The van der Waals surface area contributed by atoms with Crippen LogP contribution in [0.25, 0.3) is 10.8 Å². The summed E-state index contributed by atoms with van der Waals surface area (Å²) < 4.78 is 0. The Kier molecular flexibility index (Phi) is 3.60. The number of benzene rings is 2. The van der Waals surface area contributed by atoms with Crippen molar-refractivity contribution in [1.82, 2.24) is 4.90 Å². The Morgan fingerprint density at radius 1 is 1.05 bits per heavy atom. The molecule has 2 aromatic rings. The second-order valence-electron chi connectivity index (χ2n) is 4.56. The maximum Gasteiger partial charge on any atom is 0.321 e. The predicted octanol–water partition coefficient (Wildman–Crippen LogP) is 3.42. The number of nitrogens with zero attached hydrogens (tertiary/aromatic N) is 1. The number of carbonyl (C=O) groups excluding carboxylic acids is 1. The van der Waals surface area contributed by atoms with Crippen molar-refractivity contribution < 1.29 is 4.79 Å². The van der Waals surface area contributed by atoms with Gasteiger partial charge in [0.2, 0.25) is 0 Å². The summed E-state index contributed by atoms with van der Waals surface area (Å²) in [4.78, 5) is 14.1. The molecule has 2 aromatic carbocycles.